The molecule has 3 nitrogen and oxygen atoms in total. The van der Waals surface area contributed by atoms with E-state index >= 15 is 0 Å². The van der Waals surface area contributed by atoms with Crippen LogP contribution < -0.4 is 9.47 Å². The van der Waals surface area contributed by atoms with Crippen LogP contribution in [-0.2, 0) is 11.2 Å². The van der Waals surface area contributed by atoms with Crippen molar-refractivity contribution in [3.05, 3.63) is 33.9 Å². The average Bonchev–Trinajstić information content (AvgIpc) is 2.71. The van der Waals surface area contributed by atoms with Gasteiger partial charge in [-0.1, -0.05) is 46.3 Å². The van der Waals surface area contributed by atoms with Crippen molar-refractivity contribution in [1.82, 2.24) is 0 Å². The van der Waals surface area contributed by atoms with Gasteiger partial charge in [-0.15, -0.1) is 0 Å². The highest BCUT2D eigenvalue weighted by Crippen LogP contribution is 2.50. The Morgan fingerprint density at radius 3 is 2.45 bits per heavy atom. The van der Waals surface area contributed by atoms with E-state index in [0.717, 1.165) is 53.5 Å². The van der Waals surface area contributed by atoms with Crippen molar-refractivity contribution in [3.8, 4) is 11.5 Å². The van der Waals surface area contributed by atoms with Gasteiger partial charge >= 0.3 is 0 Å². The molecule has 0 fully saturated rings. The quantitative estimate of drug-likeness (QED) is 0.310. The summed E-state index contributed by atoms with van der Waals surface area (Å²) in [5.41, 5.74) is 5.92. The van der Waals surface area contributed by atoms with Crippen molar-refractivity contribution in [2.75, 3.05) is 0 Å². The summed E-state index contributed by atoms with van der Waals surface area (Å²) in [5, 5.41) is 0. The van der Waals surface area contributed by atoms with E-state index in [9.17, 15) is 4.79 Å². The molecule has 1 aromatic rings. The minimum Gasteiger partial charge on any atom is -0.487 e. The summed E-state index contributed by atoms with van der Waals surface area (Å²) < 4.78 is 12.2. The summed E-state index contributed by atoms with van der Waals surface area (Å²) in [7, 11) is 0. The van der Waals surface area contributed by atoms with Gasteiger partial charge in [0, 0.05) is 5.56 Å². The van der Waals surface area contributed by atoms with E-state index < -0.39 is 0 Å². The van der Waals surface area contributed by atoms with Crippen molar-refractivity contribution >= 4 is 6.47 Å². The van der Waals surface area contributed by atoms with Crippen LogP contribution in [0.1, 0.15) is 96.4 Å². The van der Waals surface area contributed by atoms with Crippen LogP contribution in [0.15, 0.2) is 11.6 Å². The summed E-state index contributed by atoms with van der Waals surface area (Å²) >= 11 is 0. The molecule has 3 rings (SSSR count). The summed E-state index contributed by atoms with van der Waals surface area (Å²) in [5.74, 6) is 4.56. The van der Waals surface area contributed by atoms with Gasteiger partial charge in [0.25, 0.3) is 6.47 Å². The normalized spacial score (nSPS) is 27.6. The minimum atomic E-state index is -0.188. The number of rotatable bonds is 7. The second-order valence-electron chi connectivity index (χ2n) is 12.4. The molecule has 1 aliphatic carbocycles. The summed E-state index contributed by atoms with van der Waals surface area (Å²) in [6.45, 7) is 23.4. The lowest BCUT2D eigenvalue weighted by Gasteiger charge is -2.46. The molecule has 0 spiro atoms. The third-order valence-electron chi connectivity index (χ3n) is 8.75. The molecule has 0 N–H and O–H groups in total. The molecule has 4 unspecified atom stereocenters. The second kappa shape index (κ2) is 9.47. The van der Waals surface area contributed by atoms with Crippen molar-refractivity contribution in [2.24, 2.45) is 29.1 Å². The first-order valence-electron chi connectivity index (χ1n) is 12.9. The highest BCUT2D eigenvalue weighted by molar-refractivity contribution is 5.62. The molecule has 0 saturated heterocycles. The van der Waals surface area contributed by atoms with Crippen molar-refractivity contribution in [2.45, 2.75) is 107 Å². The zero-order chi connectivity index (χ0) is 24.7. The first kappa shape index (κ1) is 25.8. The van der Waals surface area contributed by atoms with Gasteiger partial charge in [-0.25, -0.2) is 0 Å². The van der Waals surface area contributed by atoms with Crippen LogP contribution in [0.5, 0.6) is 11.5 Å². The molecule has 1 heterocycles. The molecule has 0 saturated carbocycles. The van der Waals surface area contributed by atoms with Crippen molar-refractivity contribution in [1.29, 1.82) is 0 Å². The number of fused-ring (bicyclic) bond motifs is 1. The third kappa shape index (κ3) is 5.17. The van der Waals surface area contributed by atoms with Gasteiger partial charge in [0.05, 0.1) is 0 Å². The molecule has 33 heavy (non-hydrogen) atoms. The number of carbonyl (C=O) groups is 1. The standard InChI is InChI=1S/C30H46O3/c1-18(2)26-20(4)19(3)11-12-24(26)15-29(8,9)16-30(10)14-13-25-23(7)27(32-17-31)21(5)22(6)28(25)33-30/h11,17-18,20,24,26H,12-16H2,1-10H3. The molecule has 3 heteroatoms. The highest BCUT2D eigenvalue weighted by Gasteiger charge is 2.42. The predicted octanol–water partition coefficient (Wildman–Crippen LogP) is 7.91. The zero-order valence-electron chi connectivity index (χ0n) is 22.7. The van der Waals surface area contributed by atoms with Crippen LogP contribution >= 0.6 is 0 Å². The molecule has 0 aromatic heterocycles. The maximum absolute atomic E-state index is 11.0. The lowest BCUT2D eigenvalue weighted by atomic mass is 9.62. The smallest absolute Gasteiger partial charge is 0.298 e. The number of hydrogen-bond donors (Lipinski definition) is 0. The molecule has 0 bridgehead atoms. The molecule has 1 aromatic carbocycles. The van der Waals surface area contributed by atoms with Crippen LogP contribution in [0.3, 0.4) is 0 Å². The Balaban J connectivity index is 1.82. The lowest BCUT2D eigenvalue weighted by molar-refractivity contribution is -0.120. The second-order valence-corrected chi connectivity index (χ2v) is 12.4. The predicted molar refractivity (Wildman–Crippen MR) is 137 cm³/mol. The van der Waals surface area contributed by atoms with Crippen LogP contribution in [0.4, 0.5) is 0 Å². The first-order valence-corrected chi connectivity index (χ1v) is 12.9. The molecule has 0 amide bonds. The summed E-state index contributed by atoms with van der Waals surface area (Å²) in [6.07, 6.45) is 7.93. The van der Waals surface area contributed by atoms with Gasteiger partial charge in [-0.05, 0) is 112 Å². The molecule has 4 atom stereocenters. The molecule has 2 aliphatic rings. The first-order chi connectivity index (χ1) is 15.3. The SMILES string of the molecule is CC1=CCC(CC(C)(C)CC2(C)CCc3c(C)c(OC=O)c(C)c(C)c3O2)C(C(C)C)C1C. The van der Waals surface area contributed by atoms with Crippen LogP contribution in [0, 0.1) is 49.9 Å². The van der Waals surface area contributed by atoms with Crippen LogP contribution in [-0.4, -0.2) is 12.1 Å². The van der Waals surface area contributed by atoms with Crippen LogP contribution in [0.25, 0.3) is 0 Å². The number of carbonyl (C=O) groups excluding carboxylic acids is 1. The van der Waals surface area contributed by atoms with Crippen molar-refractivity contribution < 1.29 is 14.3 Å². The van der Waals surface area contributed by atoms with E-state index in [0.29, 0.717) is 24.1 Å². The van der Waals surface area contributed by atoms with Crippen LogP contribution in [0.2, 0.25) is 0 Å². The molecular formula is C30H46O3. The van der Waals surface area contributed by atoms with Gasteiger partial charge in [0.1, 0.15) is 17.1 Å². The largest absolute Gasteiger partial charge is 0.487 e. The van der Waals surface area contributed by atoms with Gasteiger partial charge in [0.15, 0.2) is 0 Å². The van der Waals surface area contributed by atoms with E-state index in [1.54, 1.807) is 5.57 Å². The van der Waals surface area contributed by atoms with E-state index in [1.165, 1.54) is 18.4 Å². The van der Waals surface area contributed by atoms with E-state index in [4.69, 9.17) is 9.47 Å². The van der Waals surface area contributed by atoms with E-state index in [2.05, 4.69) is 61.5 Å². The van der Waals surface area contributed by atoms with E-state index in [1.807, 2.05) is 13.8 Å². The fraction of sp³-hybridized carbons (Fsp3) is 0.700. The van der Waals surface area contributed by atoms with Gasteiger partial charge in [-0.3, -0.25) is 4.79 Å². The molecule has 1 aliphatic heterocycles. The maximum Gasteiger partial charge on any atom is 0.298 e. The Morgan fingerprint density at radius 2 is 1.85 bits per heavy atom. The minimum absolute atomic E-state index is 0.188. The zero-order valence-corrected chi connectivity index (χ0v) is 22.7. The Kier molecular flexibility index (Phi) is 7.42. The number of allylic oxidation sites excluding steroid dienone is 2. The van der Waals surface area contributed by atoms with E-state index in [-0.39, 0.29) is 11.0 Å². The topological polar surface area (TPSA) is 35.5 Å². The molecule has 184 valence electrons. The lowest BCUT2D eigenvalue weighted by Crippen LogP contribution is -2.42. The Morgan fingerprint density at radius 1 is 1.18 bits per heavy atom. The maximum atomic E-state index is 11.0. The summed E-state index contributed by atoms with van der Waals surface area (Å²) in [6, 6.07) is 0. The average molecular weight is 455 g/mol. The van der Waals surface area contributed by atoms with Gasteiger partial charge < -0.3 is 9.47 Å². The number of benzene rings is 1. The highest BCUT2D eigenvalue weighted by atomic mass is 16.5. The number of ether oxygens (including phenoxy) is 2. The van der Waals surface area contributed by atoms with Gasteiger partial charge in [0.2, 0.25) is 0 Å². The number of hydrogen-bond acceptors (Lipinski definition) is 3. The Labute approximate surface area is 202 Å². The summed E-state index contributed by atoms with van der Waals surface area (Å²) in [4.78, 5) is 11.0. The molecular weight excluding hydrogens is 408 g/mol. The Bertz CT molecular complexity index is 923. The molecule has 0 radical (unpaired) electrons. The Hall–Kier alpha value is -1.77. The third-order valence-corrected chi connectivity index (χ3v) is 8.75. The monoisotopic (exact) mass is 454 g/mol. The fourth-order valence-electron chi connectivity index (χ4n) is 7.16. The fourth-order valence-corrected chi connectivity index (χ4v) is 7.16. The van der Waals surface area contributed by atoms with Gasteiger partial charge in [-0.2, -0.15) is 0 Å². The van der Waals surface area contributed by atoms with Crippen molar-refractivity contribution in [3.63, 3.8) is 0 Å².